The quantitative estimate of drug-likeness (QED) is 0.342. The average Bonchev–Trinajstić information content (AvgIpc) is 3.36. The van der Waals surface area contributed by atoms with Gasteiger partial charge in [-0.15, -0.1) is 0 Å². The largest absolute Gasteiger partial charge is 0.415 e. The van der Waals surface area contributed by atoms with Crippen LogP contribution in [0.1, 0.15) is 43.5 Å². The Morgan fingerprint density at radius 3 is 2.22 bits per heavy atom. The van der Waals surface area contributed by atoms with Gasteiger partial charge in [0.1, 0.15) is 5.69 Å². The van der Waals surface area contributed by atoms with Crippen LogP contribution in [0.25, 0.3) is 0 Å². The van der Waals surface area contributed by atoms with Gasteiger partial charge in [0.15, 0.2) is 6.10 Å². The highest BCUT2D eigenvalue weighted by atomic mass is 32.2. The molecule has 17 heteroatoms. The van der Waals surface area contributed by atoms with Crippen LogP contribution in [0.4, 0.5) is 33.6 Å². The second-order valence-corrected chi connectivity index (χ2v) is 14.1. The molecular weight excluding hydrogens is 637 g/mol. The van der Waals surface area contributed by atoms with Gasteiger partial charge in [-0.25, -0.2) is 18.4 Å². The summed E-state index contributed by atoms with van der Waals surface area (Å²) in [5.41, 5.74) is 6.29. The van der Waals surface area contributed by atoms with E-state index in [4.69, 9.17) is 5.73 Å². The maximum atomic E-state index is 15.7. The predicted molar refractivity (Wildman–Crippen MR) is 159 cm³/mol. The highest BCUT2D eigenvalue weighted by Gasteiger charge is 2.45. The molecule has 11 nitrogen and oxygen atoms in total. The summed E-state index contributed by atoms with van der Waals surface area (Å²) < 4.78 is 97.2. The lowest BCUT2D eigenvalue weighted by Crippen LogP contribution is -2.49. The predicted octanol–water partition coefficient (Wildman–Crippen LogP) is 2.52. The maximum absolute atomic E-state index is 15.7. The molecule has 0 spiro atoms. The van der Waals surface area contributed by atoms with Crippen molar-refractivity contribution in [2.24, 2.45) is 11.7 Å². The van der Waals surface area contributed by atoms with E-state index in [-0.39, 0.29) is 81.1 Å². The number of aromatic nitrogens is 2. The zero-order valence-corrected chi connectivity index (χ0v) is 26.1. The summed E-state index contributed by atoms with van der Waals surface area (Å²) in [4.78, 5) is 23.9. The number of rotatable bonds is 9. The molecule has 5 rings (SSSR count). The van der Waals surface area contributed by atoms with Crippen molar-refractivity contribution in [3.05, 3.63) is 41.7 Å². The van der Waals surface area contributed by atoms with Crippen molar-refractivity contribution in [2.45, 2.75) is 74.2 Å². The van der Waals surface area contributed by atoms with Gasteiger partial charge in [-0.2, -0.15) is 26.3 Å². The monoisotopic (exact) mass is 675 g/mol. The fourth-order valence-electron chi connectivity index (χ4n) is 6.19. The van der Waals surface area contributed by atoms with Gasteiger partial charge in [-0.3, -0.25) is 4.79 Å². The first-order valence-electron chi connectivity index (χ1n) is 15.2. The van der Waals surface area contributed by atoms with Gasteiger partial charge in [0, 0.05) is 75.1 Å². The van der Waals surface area contributed by atoms with Crippen molar-refractivity contribution in [3.8, 4) is 0 Å². The lowest BCUT2D eigenvalue weighted by Gasteiger charge is -2.36. The van der Waals surface area contributed by atoms with E-state index >= 15 is 8.78 Å². The van der Waals surface area contributed by atoms with E-state index in [0.717, 1.165) is 0 Å². The number of piperazine rings is 1. The normalized spacial score (nSPS) is 24.4. The summed E-state index contributed by atoms with van der Waals surface area (Å²) in [6, 6.07) is 6.58. The van der Waals surface area contributed by atoms with Crippen molar-refractivity contribution in [1.29, 1.82) is 0 Å². The van der Waals surface area contributed by atoms with Crippen LogP contribution < -0.4 is 20.9 Å². The molecule has 1 aliphatic carbocycles. The van der Waals surface area contributed by atoms with Crippen molar-refractivity contribution in [2.75, 3.05) is 49.1 Å². The third-order valence-electron chi connectivity index (χ3n) is 8.86. The van der Waals surface area contributed by atoms with Crippen LogP contribution in [0.5, 0.6) is 0 Å². The Labute approximate surface area is 264 Å². The van der Waals surface area contributed by atoms with Crippen molar-refractivity contribution < 1.29 is 40.3 Å². The van der Waals surface area contributed by atoms with E-state index in [1.807, 2.05) is 0 Å². The maximum Gasteiger partial charge on any atom is 0.415 e. The van der Waals surface area contributed by atoms with Crippen LogP contribution in [-0.4, -0.2) is 97.3 Å². The van der Waals surface area contributed by atoms with Crippen molar-refractivity contribution in [1.82, 2.24) is 19.6 Å². The number of carbonyl (C=O) groups is 1. The summed E-state index contributed by atoms with van der Waals surface area (Å²) in [5.74, 6) is -4.45. The summed E-state index contributed by atoms with van der Waals surface area (Å²) in [5, 5.41) is 11.8. The van der Waals surface area contributed by atoms with Crippen LogP contribution >= 0.6 is 0 Å². The summed E-state index contributed by atoms with van der Waals surface area (Å²) in [6.45, 7) is 1.74. The summed E-state index contributed by atoms with van der Waals surface area (Å²) in [6.07, 6.45) is -6.46. The van der Waals surface area contributed by atoms with Crippen molar-refractivity contribution >= 4 is 27.6 Å². The molecule has 2 aliphatic heterocycles. The first-order chi connectivity index (χ1) is 21.6. The molecule has 254 valence electrons. The number of nitrogens with zero attached hydrogens (tertiary/aromatic N) is 5. The van der Waals surface area contributed by atoms with Crippen LogP contribution in [0.3, 0.4) is 0 Å². The lowest BCUT2D eigenvalue weighted by molar-refractivity contribution is -0.202. The van der Waals surface area contributed by atoms with Gasteiger partial charge in [-0.1, -0.05) is 0 Å². The molecule has 0 bridgehead atoms. The second kappa shape index (κ2) is 13.3. The summed E-state index contributed by atoms with van der Waals surface area (Å²) in [7, 11) is -3.86. The molecule has 2 atom stereocenters. The van der Waals surface area contributed by atoms with E-state index in [2.05, 4.69) is 15.3 Å². The number of aliphatic hydroxyl groups excluding tert-OH is 1. The number of hydrogen-bond donors (Lipinski definition) is 3. The molecule has 3 aliphatic rings. The topological polar surface area (TPSA) is 145 Å². The fraction of sp³-hybridized carbons (Fsp3) is 0.621. The molecule has 3 heterocycles. The SMILES string of the molecule is Cc1cc(C(F)(F)C2CCC(NC[C@@H](O)C(F)(F)F)CC2)nc(N2CCN(S(=O)(=O)c3ccc(N4C[C@H](N)CC4=O)cc3)CC2)n1. The molecule has 3 fully saturated rings. The minimum absolute atomic E-state index is 0.0601. The van der Waals surface area contributed by atoms with Crippen molar-refractivity contribution in [3.63, 3.8) is 0 Å². The Hall–Kier alpha value is -2.99. The zero-order chi connectivity index (χ0) is 33.4. The number of nitrogens with two attached hydrogens (primary N) is 1. The average molecular weight is 676 g/mol. The number of carbonyl (C=O) groups excluding carboxylic acids is 1. The summed E-state index contributed by atoms with van der Waals surface area (Å²) >= 11 is 0. The molecule has 1 aromatic carbocycles. The molecule has 0 unspecified atom stereocenters. The van der Waals surface area contributed by atoms with E-state index < -0.39 is 52.4 Å². The first kappa shape index (κ1) is 34.3. The highest BCUT2D eigenvalue weighted by molar-refractivity contribution is 7.89. The van der Waals surface area contributed by atoms with Crippen LogP contribution in [0.15, 0.2) is 35.2 Å². The van der Waals surface area contributed by atoms with E-state index in [1.54, 1.807) is 24.0 Å². The number of benzene rings is 1. The number of sulfonamides is 1. The standard InChI is InChI=1S/C29H38F5N7O4S/c1-18-14-24(28(30,31)19-2-4-21(5-3-19)36-16-25(42)29(32,33)34)38-27(37-18)39-10-12-40(13-11-39)46(44,45)23-8-6-22(7-9-23)41-17-20(35)15-26(41)43/h6-9,14,19-21,25,36,42H,2-5,10-13,15-17,35H2,1H3/t19?,20-,21?,25-/m1/s1. The zero-order valence-electron chi connectivity index (χ0n) is 25.3. The fourth-order valence-corrected chi connectivity index (χ4v) is 7.61. The van der Waals surface area contributed by atoms with Crippen LogP contribution in [0.2, 0.25) is 0 Å². The highest BCUT2D eigenvalue weighted by Crippen LogP contribution is 2.43. The lowest BCUT2D eigenvalue weighted by atomic mass is 9.81. The first-order valence-corrected chi connectivity index (χ1v) is 16.6. The van der Waals surface area contributed by atoms with Crippen LogP contribution in [0, 0.1) is 12.8 Å². The van der Waals surface area contributed by atoms with Gasteiger partial charge >= 0.3 is 6.18 Å². The van der Waals surface area contributed by atoms with E-state index in [9.17, 15) is 31.5 Å². The Kier molecular flexibility index (Phi) is 9.90. The minimum atomic E-state index is -4.75. The molecule has 1 saturated carbocycles. The molecule has 2 saturated heterocycles. The molecule has 1 amide bonds. The van der Waals surface area contributed by atoms with Gasteiger partial charge in [0.05, 0.1) is 4.90 Å². The number of halogens is 5. The smallest absolute Gasteiger partial charge is 0.382 e. The third-order valence-corrected chi connectivity index (χ3v) is 10.8. The van der Waals surface area contributed by atoms with Gasteiger partial charge in [0.25, 0.3) is 5.92 Å². The van der Waals surface area contributed by atoms with E-state index in [1.165, 1.54) is 27.4 Å². The molecule has 4 N–H and O–H groups in total. The number of alkyl halides is 5. The third kappa shape index (κ3) is 7.43. The Bertz CT molecular complexity index is 1500. The number of aryl methyl sites for hydroxylation is 1. The minimum Gasteiger partial charge on any atom is -0.382 e. The Balaban J connectivity index is 1.19. The van der Waals surface area contributed by atoms with Gasteiger partial charge in [-0.05, 0) is 62.9 Å². The number of nitrogens with one attached hydrogen (secondary N) is 1. The van der Waals surface area contributed by atoms with Gasteiger partial charge in [0.2, 0.25) is 21.9 Å². The number of aliphatic hydroxyl groups is 1. The van der Waals surface area contributed by atoms with Gasteiger partial charge < -0.3 is 26.0 Å². The Morgan fingerprint density at radius 1 is 1.02 bits per heavy atom. The molecule has 46 heavy (non-hydrogen) atoms. The van der Waals surface area contributed by atoms with E-state index in [0.29, 0.717) is 17.9 Å². The molecule has 1 aromatic heterocycles. The number of amides is 1. The molecular formula is C29H38F5N7O4S. The second-order valence-electron chi connectivity index (χ2n) is 12.2. The number of anilines is 2. The number of hydrogen-bond acceptors (Lipinski definition) is 9. The van der Waals surface area contributed by atoms with Crippen LogP contribution in [-0.2, 0) is 20.7 Å². The molecule has 0 radical (unpaired) electrons. The Morgan fingerprint density at radius 2 is 1.65 bits per heavy atom. The molecule has 2 aromatic rings.